The highest BCUT2D eigenvalue weighted by molar-refractivity contribution is 7.89. The number of aliphatic carboxylic acids is 1. The molecule has 1 saturated heterocycles. The van der Waals surface area contributed by atoms with Crippen LogP contribution in [-0.4, -0.2) is 71.3 Å². The minimum Gasteiger partial charge on any atom is -0.481 e. The van der Waals surface area contributed by atoms with Crippen LogP contribution >= 0.6 is 23.2 Å². The zero-order valence-electron chi connectivity index (χ0n) is 20.2. The van der Waals surface area contributed by atoms with E-state index in [9.17, 15) is 31.5 Å². The number of carbonyl (C=O) groups is 1. The van der Waals surface area contributed by atoms with Crippen molar-refractivity contribution in [1.29, 1.82) is 0 Å². The summed E-state index contributed by atoms with van der Waals surface area (Å²) >= 11 is 13.0. The molecule has 6 nitrogen and oxygen atoms in total. The summed E-state index contributed by atoms with van der Waals surface area (Å²) in [5.41, 5.74) is 0. The van der Waals surface area contributed by atoms with E-state index in [1.165, 1.54) is 4.31 Å². The van der Waals surface area contributed by atoms with Crippen LogP contribution in [0, 0.1) is 23.7 Å². The van der Waals surface area contributed by atoms with Gasteiger partial charge in [0.05, 0.1) is 29.8 Å². The lowest BCUT2D eigenvalue weighted by molar-refractivity contribution is -0.181. The van der Waals surface area contributed by atoms with Gasteiger partial charge >= 0.3 is 12.1 Å². The molecule has 0 aromatic rings. The lowest BCUT2D eigenvalue weighted by Crippen LogP contribution is -2.58. The van der Waals surface area contributed by atoms with Gasteiger partial charge in [0.2, 0.25) is 10.0 Å². The topological polar surface area (TPSA) is 83.9 Å². The van der Waals surface area contributed by atoms with Crippen molar-refractivity contribution >= 4 is 39.2 Å². The first-order valence-electron chi connectivity index (χ1n) is 13.1. The fourth-order valence-corrected chi connectivity index (χ4v) is 9.96. The number of hydrogen-bond donors (Lipinski definition) is 1. The molecule has 0 bridgehead atoms. The summed E-state index contributed by atoms with van der Waals surface area (Å²) in [6.45, 7) is 0.180. The average molecular weight is 579 g/mol. The Kier molecular flexibility index (Phi) is 9.13. The van der Waals surface area contributed by atoms with Crippen LogP contribution in [0.1, 0.15) is 70.6 Å². The second-order valence-electron chi connectivity index (χ2n) is 11.1. The molecule has 0 aromatic heterocycles. The minimum absolute atomic E-state index is 0.00364. The van der Waals surface area contributed by atoms with Gasteiger partial charge in [0.1, 0.15) is 0 Å². The van der Waals surface area contributed by atoms with E-state index in [0.29, 0.717) is 32.3 Å². The largest absolute Gasteiger partial charge is 0.481 e. The molecule has 0 aromatic carbocycles. The van der Waals surface area contributed by atoms with Crippen molar-refractivity contribution in [1.82, 2.24) is 4.31 Å². The second kappa shape index (κ2) is 11.4. The third-order valence-electron chi connectivity index (χ3n) is 8.87. The van der Waals surface area contributed by atoms with Crippen molar-refractivity contribution in [2.75, 3.05) is 13.2 Å². The Labute approximate surface area is 221 Å². The summed E-state index contributed by atoms with van der Waals surface area (Å²) in [5.74, 6) is -3.73. The Hall–Kier alpha value is -0.290. The molecule has 4 fully saturated rings. The van der Waals surface area contributed by atoms with E-state index in [0.717, 1.165) is 19.3 Å². The number of nitrogens with zero attached hydrogens (tertiary/aromatic N) is 1. The maximum absolute atomic E-state index is 13.7. The lowest BCUT2D eigenvalue weighted by Gasteiger charge is -2.48. The van der Waals surface area contributed by atoms with Gasteiger partial charge in [-0.1, -0.05) is 12.8 Å². The highest BCUT2D eigenvalue weighted by Gasteiger charge is 2.51. The molecule has 1 aliphatic heterocycles. The van der Waals surface area contributed by atoms with Crippen molar-refractivity contribution in [3.8, 4) is 0 Å². The van der Waals surface area contributed by atoms with Gasteiger partial charge in [0.25, 0.3) is 0 Å². The summed E-state index contributed by atoms with van der Waals surface area (Å²) in [6, 6.07) is -0.472. The number of alkyl halides is 5. The zero-order chi connectivity index (χ0) is 26.3. The van der Waals surface area contributed by atoms with Crippen molar-refractivity contribution in [3.63, 3.8) is 0 Å². The normalized spacial score (nSPS) is 41.0. The van der Waals surface area contributed by atoms with E-state index in [1.807, 2.05) is 0 Å². The number of hydrogen-bond acceptors (Lipinski definition) is 4. The molecule has 208 valence electrons. The quantitative estimate of drug-likeness (QED) is 0.426. The van der Waals surface area contributed by atoms with Crippen LogP contribution in [0.3, 0.4) is 0 Å². The summed E-state index contributed by atoms with van der Waals surface area (Å²) in [4.78, 5) is 11.8. The maximum Gasteiger partial charge on any atom is 0.391 e. The third kappa shape index (κ3) is 6.29. The molecule has 0 radical (unpaired) electrons. The molecule has 36 heavy (non-hydrogen) atoms. The fourth-order valence-electron chi connectivity index (χ4n) is 6.74. The molecule has 3 aliphatic carbocycles. The number of ether oxygens (including phenoxy) is 1. The van der Waals surface area contributed by atoms with Crippen molar-refractivity contribution in [2.45, 2.75) is 105 Å². The summed E-state index contributed by atoms with van der Waals surface area (Å²) in [5, 5.41) is 8.38. The molecule has 0 amide bonds. The van der Waals surface area contributed by atoms with Crippen molar-refractivity contribution < 1.29 is 36.2 Å². The SMILES string of the molecule is O=C(O)C1CC2CCC(OCC3C(Cl)CCCC3Cl)CC2N(S(=O)(=O)C2CCCC(C(F)(F)F)C2)C1. The van der Waals surface area contributed by atoms with Crippen molar-refractivity contribution in [2.24, 2.45) is 23.7 Å². The number of carboxylic acid groups (broad SMARTS) is 1. The highest BCUT2D eigenvalue weighted by atomic mass is 35.5. The van der Waals surface area contributed by atoms with Crippen LogP contribution in [0.5, 0.6) is 0 Å². The first-order chi connectivity index (χ1) is 16.9. The number of rotatable bonds is 6. The maximum atomic E-state index is 13.7. The second-order valence-corrected chi connectivity index (χ2v) is 14.4. The van der Waals surface area contributed by atoms with Crippen molar-refractivity contribution in [3.05, 3.63) is 0 Å². The van der Waals surface area contributed by atoms with Crippen LogP contribution in [0.4, 0.5) is 13.2 Å². The Bertz CT molecular complexity index is 881. The van der Waals surface area contributed by atoms with E-state index in [1.54, 1.807) is 0 Å². The molecule has 0 spiro atoms. The molecule has 4 aliphatic rings. The summed E-state index contributed by atoms with van der Waals surface area (Å²) < 4.78 is 75.1. The first-order valence-corrected chi connectivity index (χ1v) is 15.5. The predicted octanol–water partition coefficient (Wildman–Crippen LogP) is 5.41. The van der Waals surface area contributed by atoms with Crippen LogP contribution in [0.2, 0.25) is 0 Å². The Morgan fingerprint density at radius 3 is 2.28 bits per heavy atom. The van der Waals surface area contributed by atoms with E-state index in [4.69, 9.17) is 27.9 Å². The van der Waals surface area contributed by atoms with Crippen LogP contribution in [0.25, 0.3) is 0 Å². The van der Waals surface area contributed by atoms with Gasteiger partial charge < -0.3 is 9.84 Å². The third-order valence-corrected chi connectivity index (χ3v) is 12.3. The van der Waals surface area contributed by atoms with Gasteiger partial charge in [-0.15, -0.1) is 23.2 Å². The number of fused-ring (bicyclic) bond motifs is 1. The molecular formula is C24H36Cl2F3NO5S. The van der Waals surface area contributed by atoms with Crippen LogP contribution in [0.15, 0.2) is 0 Å². The monoisotopic (exact) mass is 577 g/mol. The van der Waals surface area contributed by atoms with E-state index in [2.05, 4.69) is 0 Å². The first kappa shape index (κ1) is 28.7. The molecule has 1 N–H and O–H groups in total. The fraction of sp³-hybridized carbons (Fsp3) is 0.958. The van der Waals surface area contributed by atoms with Gasteiger partial charge in [-0.3, -0.25) is 4.79 Å². The Balaban J connectivity index is 1.49. The van der Waals surface area contributed by atoms with E-state index in [-0.39, 0.29) is 54.5 Å². The molecule has 1 heterocycles. The smallest absolute Gasteiger partial charge is 0.391 e. The molecule has 4 rings (SSSR count). The molecule has 8 atom stereocenters. The number of sulfonamides is 1. The van der Waals surface area contributed by atoms with Gasteiger partial charge in [0.15, 0.2) is 0 Å². The Morgan fingerprint density at radius 2 is 1.64 bits per heavy atom. The van der Waals surface area contributed by atoms with Gasteiger partial charge in [0, 0.05) is 29.3 Å². The predicted molar refractivity (Wildman–Crippen MR) is 131 cm³/mol. The highest BCUT2D eigenvalue weighted by Crippen LogP contribution is 2.45. The molecule has 12 heteroatoms. The number of halogens is 5. The van der Waals surface area contributed by atoms with Gasteiger partial charge in [-0.25, -0.2) is 8.42 Å². The number of piperidine rings is 1. The van der Waals surface area contributed by atoms with E-state index < -0.39 is 51.7 Å². The zero-order valence-corrected chi connectivity index (χ0v) is 22.5. The van der Waals surface area contributed by atoms with Crippen LogP contribution < -0.4 is 0 Å². The van der Waals surface area contributed by atoms with Gasteiger partial charge in [-0.2, -0.15) is 17.5 Å². The Morgan fingerprint density at radius 1 is 0.972 bits per heavy atom. The summed E-state index contributed by atoms with van der Waals surface area (Å²) in [6.07, 6.45) is -0.0842. The van der Waals surface area contributed by atoms with Crippen LogP contribution in [-0.2, 0) is 19.6 Å². The minimum atomic E-state index is -4.44. The summed E-state index contributed by atoms with van der Waals surface area (Å²) in [7, 11) is -4.12. The standard InChI is InChI=1S/C24H36Cl2F3NO5S/c25-20-5-2-6-21(26)19(20)13-35-17-8-7-14-9-15(23(31)32)12-30(22(14)11-17)36(33,34)18-4-1-3-16(10-18)24(27,28)29/h14-22H,1-13H2,(H,31,32). The molecule has 3 saturated carbocycles. The lowest BCUT2D eigenvalue weighted by atomic mass is 9.75. The molecular weight excluding hydrogens is 542 g/mol. The van der Waals surface area contributed by atoms with E-state index >= 15 is 0 Å². The van der Waals surface area contributed by atoms with Gasteiger partial charge in [-0.05, 0) is 63.7 Å². The average Bonchev–Trinajstić information content (AvgIpc) is 2.82. The number of carboxylic acids is 1. The molecule has 8 unspecified atom stereocenters.